The predicted octanol–water partition coefficient (Wildman–Crippen LogP) is 5.11. The summed E-state index contributed by atoms with van der Waals surface area (Å²) in [4.78, 5) is 9.00. The summed E-state index contributed by atoms with van der Waals surface area (Å²) < 4.78 is 5.18. The Morgan fingerprint density at radius 3 is 2.54 bits per heavy atom. The van der Waals surface area contributed by atoms with Gasteiger partial charge in [0.2, 0.25) is 5.95 Å². The maximum Gasteiger partial charge on any atom is 0.225 e. The first-order valence-electron chi connectivity index (χ1n) is 8.30. The zero-order chi connectivity index (χ0) is 18.5. The summed E-state index contributed by atoms with van der Waals surface area (Å²) in [6.07, 6.45) is 0. The summed E-state index contributed by atoms with van der Waals surface area (Å²) in [5.74, 6) is 2.13. The maximum absolute atomic E-state index is 6.19. The van der Waals surface area contributed by atoms with E-state index in [-0.39, 0.29) is 0 Å². The topological polar surface area (TPSA) is 59.1 Å². The highest BCUT2D eigenvalue weighted by atomic mass is 35.5. The zero-order valence-corrected chi connectivity index (χ0v) is 15.8. The second kappa shape index (κ2) is 8.06. The van der Waals surface area contributed by atoms with Crippen LogP contribution in [0.3, 0.4) is 0 Å². The minimum atomic E-state index is 0.572. The van der Waals surface area contributed by atoms with Crippen molar-refractivity contribution in [2.75, 3.05) is 17.7 Å². The first kappa shape index (κ1) is 18.0. The van der Waals surface area contributed by atoms with E-state index >= 15 is 0 Å². The minimum absolute atomic E-state index is 0.572. The third-order valence-corrected chi connectivity index (χ3v) is 4.40. The Hall–Kier alpha value is -2.79. The highest BCUT2D eigenvalue weighted by Gasteiger charge is 2.06. The van der Waals surface area contributed by atoms with Gasteiger partial charge in [0.15, 0.2) is 0 Å². The Morgan fingerprint density at radius 1 is 1.04 bits per heavy atom. The van der Waals surface area contributed by atoms with Gasteiger partial charge in [-0.2, -0.15) is 4.98 Å². The van der Waals surface area contributed by atoms with E-state index in [9.17, 15) is 0 Å². The van der Waals surface area contributed by atoms with E-state index in [1.165, 1.54) is 0 Å². The van der Waals surface area contributed by atoms with Crippen molar-refractivity contribution in [1.29, 1.82) is 0 Å². The Bertz CT molecular complexity index is 897. The lowest BCUT2D eigenvalue weighted by Crippen LogP contribution is -2.06. The van der Waals surface area contributed by atoms with Crippen molar-refractivity contribution in [1.82, 2.24) is 9.97 Å². The van der Waals surface area contributed by atoms with Gasteiger partial charge in [0.05, 0.1) is 7.11 Å². The summed E-state index contributed by atoms with van der Waals surface area (Å²) in [7, 11) is 1.66. The van der Waals surface area contributed by atoms with E-state index in [1.807, 2.05) is 62.4 Å². The summed E-state index contributed by atoms with van der Waals surface area (Å²) in [5.41, 5.74) is 3.91. The van der Waals surface area contributed by atoms with E-state index in [0.717, 1.165) is 39.1 Å². The van der Waals surface area contributed by atoms with Crippen LogP contribution < -0.4 is 15.4 Å². The molecular weight excluding hydrogens is 348 g/mol. The molecule has 26 heavy (non-hydrogen) atoms. The molecule has 0 aliphatic carbocycles. The Balaban J connectivity index is 1.73. The number of methoxy groups -OCH3 is 1. The molecule has 0 atom stereocenters. The maximum atomic E-state index is 6.19. The number of aromatic nitrogens is 2. The van der Waals surface area contributed by atoms with Crippen molar-refractivity contribution in [2.45, 2.75) is 20.4 Å². The second-order valence-corrected chi connectivity index (χ2v) is 6.36. The molecule has 0 radical (unpaired) electrons. The van der Waals surface area contributed by atoms with Crippen molar-refractivity contribution in [2.24, 2.45) is 0 Å². The van der Waals surface area contributed by atoms with Crippen LogP contribution in [-0.2, 0) is 6.54 Å². The quantitative estimate of drug-likeness (QED) is 0.633. The summed E-state index contributed by atoms with van der Waals surface area (Å²) in [5, 5.41) is 7.30. The molecule has 3 aromatic rings. The fourth-order valence-electron chi connectivity index (χ4n) is 2.52. The number of nitrogens with zero attached hydrogens (tertiary/aromatic N) is 2. The third kappa shape index (κ3) is 4.43. The molecule has 0 unspecified atom stereocenters. The number of halogens is 1. The molecular formula is C20H21ClN4O. The van der Waals surface area contributed by atoms with Crippen LogP contribution >= 0.6 is 11.6 Å². The van der Waals surface area contributed by atoms with Gasteiger partial charge >= 0.3 is 0 Å². The molecule has 1 heterocycles. The number of hydrogen-bond donors (Lipinski definition) is 2. The van der Waals surface area contributed by atoms with Crippen molar-refractivity contribution < 1.29 is 4.74 Å². The highest BCUT2D eigenvalue weighted by molar-refractivity contribution is 6.31. The van der Waals surface area contributed by atoms with Gasteiger partial charge in [-0.1, -0.05) is 29.8 Å². The van der Waals surface area contributed by atoms with Crippen LogP contribution in [0.5, 0.6) is 5.75 Å². The fourth-order valence-corrected chi connectivity index (χ4v) is 2.69. The van der Waals surface area contributed by atoms with E-state index < -0.39 is 0 Å². The monoisotopic (exact) mass is 368 g/mol. The molecule has 0 amide bonds. The average molecular weight is 369 g/mol. The largest absolute Gasteiger partial charge is 0.497 e. The number of benzene rings is 2. The van der Waals surface area contributed by atoms with Crippen molar-refractivity contribution in [3.8, 4) is 5.75 Å². The SMILES string of the molecule is COc1ccc(CNc2nc(C)cc(Nc3cccc(Cl)c3C)n2)cc1. The molecule has 1 aromatic heterocycles. The van der Waals surface area contributed by atoms with Gasteiger partial charge in [-0.15, -0.1) is 0 Å². The number of anilines is 3. The van der Waals surface area contributed by atoms with Gasteiger partial charge in [0.1, 0.15) is 11.6 Å². The molecule has 2 N–H and O–H groups in total. The van der Waals surface area contributed by atoms with Crippen LogP contribution in [0.1, 0.15) is 16.8 Å². The minimum Gasteiger partial charge on any atom is -0.497 e. The molecule has 134 valence electrons. The molecule has 3 rings (SSSR count). The second-order valence-electron chi connectivity index (χ2n) is 5.96. The summed E-state index contributed by atoms with van der Waals surface area (Å²) in [6, 6.07) is 15.5. The number of aryl methyl sites for hydroxylation is 1. The smallest absolute Gasteiger partial charge is 0.225 e. The summed E-state index contributed by atoms with van der Waals surface area (Å²) in [6.45, 7) is 4.54. The number of rotatable bonds is 6. The first-order valence-corrected chi connectivity index (χ1v) is 8.67. The van der Waals surface area contributed by atoms with Gasteiger partial charge in [-0.25, -0.2) is 4.98 Å². The van der Waals surface area contributed by atoms with Crippen LogP contribution in [0.4, 0.5) is 17.5 Å². The van der Waals surface area contributed by atoms with Crippen LogP contribution in [0.25, 0.3) is 0 Å². The third-order valence-electron chi connectivity index (χ3n) is 3.99. The number of nitrogens with one attached hydrogen (secondary N) is 2. The van der Waals surface area contributed by atoms with Crippen LogP contribution in [0.15, 0.2) is 48.5 Å². The predicted molar refractivity (Wildman–Crippen MR) is 107 cm³/mol. The van der Waals surface area contributed by atoms with Crippen molar-refractivity contribution >= 4 is 29.1 Å². The van der Waals surface area contributed by atoms with Crippen LogP contribution in [0, 0.1) is 13.8 Å². The van der Waals surface area contributed by atoms with Gasteiger partial charge in [-0.3, -0.25) is 0 Å². The van der Waals surface area contributed by atoms with E-state index in [4.69, 9.17) is 16.3 Å². The Morgan fingerprint density at radius 2 is 1.81 bits per heavy atom. The Labute approximate surface area is 158 Å². The van der Waals surface area contributed by atoms with Crippen LogP contribution in [-0.4, -0.2) is 17.1 Å². The van der Waals surface area contributed by atoms with Crippen molar-refractivity contribution in [3.05, 3.63) is 70.4 Å². The summed E-state index contributed by atoms with van der Waals surface area (Å²) >= 11 is 6.19. The lowest BCUT2D eigenvalue weighted by Gasteiger charge is -2.12. The molecule has 6 heteroatoms. The van der Waals surface area contributed by atoms with Gasteiger partial charge in [-0.05, 0) is 49.2 Å². The van der Waals surface area contributed by atoms with Gasteiger partial charge in [0, 0.05) is 29.0 Å². The molecule has 0 aliphatic heterocycles. The van der Waals surface area contributed by atoms with E-state index in [0.29, 0.717) is 12.5 Å². The number of ether oxygens (including phenoxy) is 1. The van der Waals surface area contributed by atoms with Gasteiger partial charge < -0.3 is 15.4 Å². The average Bonchev–Trinajstić information content (AvgIpc) is 2.64. The molecule has 0 saturated heterocycles. The van der Waals surface area contributed by atoms with Gasteiger partial charge in [0.25, 0.3) is 0 Å². The van der Waals surface area contributed by atoms with E-state index in [1.54, 1.807) is 7.11 Å². The number of hydrogen-bond acceptors (Lipinski definition) is 5. The lowest BCUT2D eigenvalue weighted by atomic mass is 10.2. The molecule has 0 fully saturated rings. The molecule has 0 saturated carbocycles. The lowest BCUT2D eigenvalue weighted by molar-refractivity contribution is 0.414. The van der Waals surface area contributed by atoms with E-state index in [2.05, 4.69) is 20.6 Å². The zero-order valence-electron chi connectivity index (χ0n) is 15.0. The normalized spacial score (nSPS) is 10.5. The van der Waals surface area contributed by atoms with Crippen molar-refractivity contribution in [3.63, 3.8) is 0 Å². The fraction of sp³-hybridized carbons (Fsp3) is 0.200. The van der Waals surface area contributed by atoms with Crippen LogP contribution in [0.2, 0.25) is 5.02 Å². The molecule has 0 bridgehead atoms. The molecule has 0 aliphatic rings. The first-order chi connectivity index (χ1) is 12.5. The molecule has 5 nitrogen and oxygen atoms in total. The standard InChI is InChI=1S/C20H21ClN4O/c1-13-11-19(24-18-6-4-5-17(21)14(18)2)25-20(23-13)22-12-15-7-9-16(26-3)10-8-15/h4-11H,12H2,1-3H3,(H2,22,23,24,25). The highest BCUT2D eigenvalue weighted by Crippen LogP contribution is 2.26. The molecule has 0 spiro atoms. The Kier molecular flexibility index (Phi) is 5.58. The molecule has 2 aromatic carbocycles.